The van der Waals surface area contributed by atoms with E-state index >= 15 is 0 Å². The first-order valence-electron chi connectivity index (χ1n) is 17.5. The van der Waals surface area contributed by atoms with E-state index in [1.807, 2.05) is 27.7 Å². The fourth-order valence-electron chi connectivity index (χ4n) is 6.26. The van der Waals surface area contributed by atoms with Crippen molar-refractivity contribution >= 4 is 59.0 Å². The Bertz CT molecular complexity index is 1210. The van der Waals surface area contributed by atoms with E-state index in [0.29, 0.717) is 68.4 Å². The number of likely N-dealkylation sites (tertiary alicyclic amines) is 5. The van der Waals surface area contributed by atoms with Crippen LogP contribution in [0.15, 0.2) is 0 Å². The lowest BCUT2D eigenvalue weighted by molar-refractivity contribution is -0.149. The van der Waals surface area contributed by atoms with Crippen LogP contribution < -0.4 is 0 Å². The second kappa shape index (κ2) is 19.7. The third kappa shape index (κ3) is 11.9. The third-order valence-corrected chi connectivity index (χ3v) is 10.6. The van der Waals surface area contributed by atoms with E-state index in [2.05, 4.69) is 0 Å². The van der Waals surface area contributed by atoms with Crippen molar-refractivity contribution in [2.24, 2.45) is 29.6 Å². The quantitative estimate of drug-likeness (QED) is 0.140. The summed E-state index contributed by atoms with van der Waals surface area (Å²) in [6.07, 6.45) is 0. The molecule has 0 bridgehead atoms. The van der Waals surface area contributed by atoms with Gasteiger partial charge in [0.1, 0.15) is 0 Å². The van der Waals surface area contributed by atoms with Gasteiger partial charge in [-0.1, -0.05) is 0 Å². The summed E-state index contributed by atoms with van der Waals surface area (Å²) >= 11 is 0. The number of carboxylic acids is 5. The average Bonchev–Trinajstić information content (AvgIpc) is 2.96. The van der Waals surface area contributed by atoms with E-state index < -0.39 is 29.8 Å². The van der Waals surface area contributed by atoms with Crippen LogP contribution >= 0.6 is 0 Å². The third-order valence-electron chi connectivity index (χ3n) is 10.6. The highest BCUT2D eigenvalue weighted by Crippen LogP contribution is 2.26. The van der Waals surface area contributed by atoms with Gasteiger partial charge >= 0.3 is 29.8 Å². The fourth-order valence-corrected chi connectivity index (χ4v) is 6.26. The van der Waals surface area contributed by atoms with Crippen LogP contribution in [0, 0.1) is 56.6 Å². The van der Waals surface area contributed by atoms with Crippen molar-refractivity contribution in [1.82, 2.24) is 24.5 Å². The molecule has 54 heavy (non-hydrogen) atoms. The lowest BCUT2D eigenvalue weighted by atomic mass is 9.90. The number of hydrogen-bond acceptors (Lipinski definition) is 10. The van der Waals surface area contributed by atoms with Gasteiger partial charge in [0.25, 0.3) is 0 Å². The van der Waals surface area contributed by atoms with Crippen molar-refractivity contribution in [3.63, 3.8) is 0 Å². The van der Waals surface area contributed by atoms with Crippen LogP contribution in [0.5, 0.6) is 0 Å². The monoisotopic (exact) mass is 766 g/mol. The van der Waals surface area contributed by atoms with E-state index in [1.165, 1.54) is 0 Å². The molecule has 0 saturated carbocycles. The van der Waals surface area contributed by atoms with Gasteiger partial charge in [-0.2, -0.15) is 0 Å². The van der Waals surface area contributed by atoms with Crippen molar-refractivity contribution in [2.45, 2.75) is 86.5 Å². The maximum Gasteiger partial charge on any atom is 0.310 e. The predicted octanol–water partition coefficient (Wildman–Crippen LogP) is 1.55. The van der Waals surface area contributed by atoms with Gasteiger partial charge in [0.2, 0.25) is 0 Å². The molecule has 5 aliphatic rings. The van der Waals surface area contributed by atoms with Crippen LogP contribution in [-0.4, -0.2) is 172 Å². The van der Waals surface area contributed by atoms with E-state index in [-0.39, 0.29) is 53.8 Å². The number of carboxylic acid groups (broad SMARTS) is 5. The van der Waals surface area contributed by atoms with Crippen LogP contribution in [-0.2, 0) is 24.0 Å². The molecule has 304 valence electrons. The first-order chi connectivity index (χ1) is 24.8. The highest BCUT2D eigenvalue weighted by Gasteiger charge is 2.43. The number of carbonyl (C=O) groups is 5. The molecular formula is C34H58N10O10. The Hall–Kier alpha value is -5.30. The van der Waals surface area contributed by atoms with Gasteiger partial charge in [-0.25, -0.2) is 0 Å². The Morgan fingerprint density at radius 1 is 0.389 bits per heavy atom. The van der Waals surface area contributed by atoms with Crippen molar-refractivity contribution in [1.29, 1.82) is 27.0 Å². The lowest BCUT2D eigenvalue weighted by Crippen LogP contribution is -2.59. The molecule has 5 rings (SSSR count). The highest BCUT2D eigenvalue weighted by molar-refractivity contribution is 5.84. The average molecular weight is 767 g/mol. The molecule has 0 amide bonds. The minimum absolute atomic E-state index is 0.00926. The fraction of sp³-hybridized carbons (Fsp3) is 0.706. The number of rotatable bonds is 5. The van der Waals surface area contributed by atoms with Crippen LogP contribution in [0.4, 0.5) is 0 Å². The molecule has 5 aliphatic heterocycles. The summed E-state index contributed by atoms with van der Waals surface area (Å²) < 4.78 is 0. The zero-order valence-electron chi connectivity index (χ0n) is 32.5. The summed E-state index contributed by atoms with van der Waals surface area (Å²) in [6.45, 7) is 18.7. The molecule has 8 atom stereocenters. The molecule has 5 fully saturated rings. The molecule has 0 aromatic carbocycles. The minimum atomic E-state index is -0.755. The molecule has 5 saturated heterocycles. The van der Waals surface area contributed by atoms with Crippen LogP contribution in [0.1, 0.15) is 62.3 Å². The number of aliphatic carboxylic acids is 5. The van der Waals surface area contributed by atoms with Crippen LogP contribution in [0.25, 0.3) is 0 Å². The largest absolute Gasteiger partial charge is 0.481 e. The van der Waals surface area contributed by atoms with Gasteiger partial charge in [-0.05, 0) is 62.3 Å². The van der Waals surface area contributed by atoms with E-state index in [1.54, 1.807) is 59.1 Å². The molecule has 0 unspecified atom stereocenters. The highest BCUT2D eigenvalue weighted by atomic mass is 16.4. The Morgan fingerprint density at radius 2 is 0.593 bits per heavy atom. The molecule has 5 heterocycles. The van der Waals surface area contributed by atoms with Gasteiger partial charge < -0.3 is 50.0 Å². The molecule has 0 aromatic rings. The summed E-state index contributed by atoms with van der Waals surface area (Å²) in [4.78, 5) is 60.9. The minimum Gasteiger partial charge on any atom is -0.481 e. The van der Waals surface area contributed by atoms with Crippen LogP contribution in [0.3, 0.4) is 0 Å². The normalized spacial score (nSPS) is 27.4. The van der Waals surface area contributed by atoms with Crippen molar-refractivity contribution in [3.05, 3.63) is 0 Å². The zero-order chi connectivity index (χ0) is 42.1. The summed E-state index contributed by atoms with van der Waals surface area (Å²) in [7, 11) is 0. The van der Waals surface area contributed by atoms with E-state index in [0.717, 1.165) is 0 Å². The Labute approximate surface area is 315 Å². The van der Waals surface area contributed by atoms with Crippen LogP contribution in [0.2, 0.25) is 0 Å². The lowest BCUT2D eigenvalue weighted by Gasteiger charge is -2.44. The predicted molar refractivity (Wildman–Crippen MR) is 199 cm³/mol. The summed E-state index contributed by atoms with van der Waals surface area (Å²) in [5.74, 6) is -2.88. The maximum atomic E-state index is 10.5. The zero-order valence-corrected chi connectivity index (χ0v) is 32.5. The summed E-state index contributed by atoms with van der Waals surface area (Å²) in [5, 5.41) is 79.0. The molecule has 0 radical (unpaired) electrons. The van der Waals surface area contributed by atoms with Crippen molar-refractivity contribution < 1.29 is 49.5 Å². The standard InChI is InChI=1S/4C7H12N2O2.C6H10N2O2/c4*1-4-6(7(10)11)3-9(4)5(2)8;1-4(7)8-2-5(3-8)6(9)10/h4*4,6,8H,3H2,1-2H3,(H,10,11);5,7H,2-3H2,1H3,(H,9,10)/t2*4-,6+;2*4-,6-;/m1010./s1. The van der Waals surface area contributed by atoms with Crippen molar-refractivity contribution in [2.75, 3.05) is 39.3 Å². The van der Waals surface area contributed by atoms with E-state index in [9.17, 15) is 24.0 Å². The van der Waals surface area contributed by atoms with Gasteiger partial charge in [0.15, 0.2) is 0 Å². The van der Waals surface area contributed by atoms with Gasteiger partial charge in [0, 0.05) is 63.4 Å². The summed E-state index contributed by atoms with van der Waals surface area (Å²) in [6, 6.07) is -0.0370. The number of hydrogen-bond donors (Lipinski definition) is 10. The first kappa shape index (κ1) is 46.7. The van der Waals surface area contributed by atoms with Gasteiger partial charge in [-0.3, -0.25) is 51.0 Å². The number of nitrogens with zero attached hydrogens (tertiary/aromatic N) is 5. The smallest absolute Gasteiger partial charge is 0.310 e. The first-order valence-corrected chi connectivity index (χ1v) is 17.5. The molecular weight excluding hydrogens is 708 g/mol. The maximum absolute atomic E-state index is 10.5. The molecule has 0 aromatic heterocycles. The molecule has 0 aliphatic carbocycles. The molecule has 20 heteroatoms. The second-order valence-electron chi connectivity index (χ2n) is 14.2. The summed E-state index contributed by atoms with van der Waals surface area (Å²) in [5.41, 5.74) is 0. The van der Waals surface area contributed by atoms with E-state index in [4.69, 9.17) is 52.6 Å². The van der Waals surface area contributed by atoms with Gasteiger partial charge in [-0.15, -0.1) is 0 Å². The second-order valence-corrected chi connectivity index (χ2v) is 14.2. The molecule has 20 nitrogen and oxygen atoms in total. The van der Waals surface area contributed by atoms with Crippen molar-refractivity contribution in [3.8, 4) is 0 Å². The Morgan fingerprint density at radius 3 is 0.704 bits per heavy atom. The Kier molecular flexibility index (Phi) is 17.0. The molecule has 10 N–H and O–H groups in total. The Balaban J connectivity index is 0.000000338. The SMILES string of the molecule is CC(=N)N1CC(C(=O)O)C1.CC(=N)N1C[C@@H](C(=O)O)[C@@H]1C.CC(=N)N1C[C@@H](C(=O)O)[C@H]1C.CC(=N)N1C[C@H](C(=O)O)[C@@H]1C.CC(=N)N1C[C@H](C(=O)O)[C@H]1C. The molecule has 0 spiro atoms. The van der Waals surface area contributed by atoms with Gasteiger partial charge in [0.05, 0.1) is 58.8 Å². The number of amidine groups is 5. The topological polar surface area (TPSA) is 322 Å². The number of nitrogens with one attached hydrogen (secondary N) is 5.